The Morgan fingerprint density at radius 2 is 1.83 bits per heavy atom. The predicted molar refractivity (Wildman–Crippen MR) is 50.0 cm³/mol. The number of benzene rings is 1. The first-order chi connectivity index (χ1) is 5.65. The molecule has 0 radical (unpaired) electrons. The van der Waals surface area contributed by atoms with Crippen LogP contribution in [0.4, 0.5) is 11.4 Å². The molecule has 64 valence electrons. The lowest BCUT2D eigenvalue weighted by atomic mass is 10.1. The highest BCUT2D eigenvalue weighted by Gasteiger charge is 2.01. The van der Waals surface area contributed by atoms with Crippen LogP contribution in [0.2, 0.25) is 0 Å². The van der Waals surface area contributed by atoms with Crippen molar-refractivity contribution >= 4 is 17.8 Å². The Bertz CT molecular complexity index is 284. The molecule has 1 rings (SSSR count). The molecule has 0 atom stereocenters. The SMILES string of the molecule is Cc1cc(N)cc(C)c1NC=O. The molecule has 0 spiro atoms. The van der Waals surface area contributed by atoms with Crippen molar-refractivity contribution in [1.29, 1.82) is 0 Å². The first-order valence-electron chi connectivity index (χ1n) is 3.72. The highest BCUT2D eigenvalue weighted by molar-refractivity contribution is 5.77. The summed E-state index contributed by atoms with van der Waals surface area (Å²) in [5.74, 6) is 0. The minimum Gasteiger partial charge on any atom is -0.399 e. The van der Waals surface area contributed by atoms with E-state index < -0.39 is 0 Å². The number of hydrogen-bond acceptors (Lipinski definition) is 2. The number of nitrogen functional groups attached to an aromatic ring is 1. The van der Waals surface area contributed by atoms with Gasteiger partial charge in [0, 0.05) is 11.4 Å². The fourth-order valence-electron chi connectivity index (χ4n) is 1.28. The molecular formula is C9H12N2O. The van der Waals surface area contributed by atoms with Crippen molar-refractivity contribution in [2.75, 3.05) is 11.1 Å². The summed E-state index contributed by atoms with van der Waals surface area (Å²) in [6.45, 7) is 3.82. The van der Waals surface area contributed by atoms with Gasteiger partial charge in [0.2, 0.25) is 6.41 Å². The minimum atomic E-state index is 0.672. The summed E-state index contributed by atoms with van der Waals surface area (Å²) in [6, 6.07) is 3.66. The second kappa shape index (κ2) is 3.26. The van der Waals surface area contributed by atoms with Gasteiger partial charge in [0.15, 0.2) is 0 Å². The monoisotopic (exact) mass is 164 g/mol. The molecule has 1 aromatic carbocycles. The first-order valence-corrected chi connectivity index (χ1v) is 3.72. The van der Waals surface area contributed by atoms with E-state index >= 15 is 0 Å². The summed E-state index contributed by atoms with van der Waals surface area (Å²) in [5.41, 5.74) is 9.15. The third kappa shape index (κ3) is 1.56. The van der Waals surface area contributed by atoms with E-state index in [1.807, 2.05) is 26.0 Å². The average Bonchev–Trinajstić information content (AvgIpc) is 1.96. The zero-order chi connectivity index (χ0) is 9.14. The quantitative estimate of drug-likeness (QED) is 0.513. The van der Waals surface area contributed by atoms with Crippen LogP contribution < -0.4 is 11.1 Å². The Morgan fingerprint density at radius 3 is 2.25 bits per heavy atom. The van der Waals surface area contributed by atoms with Crippen molar-refractivity contribution in [3.05, 3.63) is 23.3 Å². The van der Waals surface area contributed by atoms with Crippen molar-refractivity contribution in [3.8, 4) is 0 Å². The molecule has 1 amide bonds. The lowest BCUT2D eigenvalue weighted by Crippen LogP contribution is -2.00. The zero-order valence-electron chi connectivity index (χ0n) is 7.22. The molecule has 0 saturated heterocycles. The number of carbonyl (C=O) groups excluding carboxylic acids is 1. The van der Waals surface area contributed by atoms with E-state index in [2.05, 4.69) is 5.32 Å². The van der Waals surface area contributed by atoms with Gasteiger partial charge in [0.25, 0.3) is 0 Å². The molecule has 0 fully saturated rings. The summed E-state index contributed by atoms with van der Waals surface area (Å²) in [7, 11) is 0. The van der Waals surface area contributed by atoms with Crippen LogP contribution in [-0.4, -0.2) is 6.41 Å². The molecular weight excluding hydrogens is 152 g/mol. The smallest absolute Gasteiger partial charge is 0.211 e. The highest BCUT2D eigenvalue weighted by atomic mass is 16.1. The van der Waals surface area contributed by atoms with Crippen LogP contribution >= 0.6 is 0 Å². The Morgan fingerprint density at radius 1 is 1.33 bits per heavy atom. The van der Waals surface area contributed by atoms with Gasteiger partial charge in [0.1, 0.15) is 0 Å². The molecule has 3 N–H and O–H groups in total. The number of aryl methyl sites for hydroxylation is 2. The molecule has 0 unspecified atom stereocenters. The van der Waals surface area contributed by atoms with Gasteiger partial charge in [-0.2, -0.15) is 0 Å². The lowest BCUT2D eigenvalue weighted by Gasteiger charge is -2.08. The Kier molecular flexibility index (Phi) is 2.33. The van der Waals surface area contributed by atoms with Gasteiger partial charge in [-0.05, 0) is 37.1 Å². The average molecular weight is 164 g/mol. The van der Waals surface area contributed by atoms with Crippen molar-refractivity contribution in [1.82, 2.24) is 0 Å². The third-order valence-corrected chi connectivity index (χ3v) is 1.76. The minimum absolute atomic E-state index is 0.672. The van der Waals surface area contributed by atoms with Crippen LogP contribution in [0.3, 0.4) is 0 Å². The number of hydrogen-bond donors (Lipinski definition) is 2. The van der Waals surface area contributed by atoms with E-state index in [9.17, 15) is 4.79 Å². The van der Waals surface area contributed by atoms with Crippen molar-refractivity contribution < 1.29 is 4.79 Å². The van der Waals surface area contributed by atoms with Crippen LogP contribution in [0.5, 0.6) is 0 Å². The largest absolute Gasteiger partial charge is 0.399 e. The molecule has 0 aliphatic rings. The molecule has 3 nitrogen and oxygen atoms in total. The molecule has 12 heavy (non-hydrogen) atoms. The maximum absolute atomic E-state index is 10.2. The molecule has 0 aliphatic carbocycles. The Balaban J connectivity index is 3.18. The maximum atomic E-state index is 10.2. The van der Waals surface area contributed by atoms with Gasteiger partial charge in [-0.25, -0.2) is 0 Å². The van der Waals surface area contributed by atoms with Crippen molar-refractivity contribution in [2.45, 2.75) is 13.8 Å². The molecule has 0 aliphatic heterocycles. The van der Waals surface area contributed by atoms with Gasteiger partial charge in [-0.3, -0.25) is 4.79 Å². The lowest BCUT2D eigenvalue weighted by molar-refractivity contribution is -0.105. The van der Waals surface area contributed by atoms with Crippen LogP contribution in [0.25, 0.3) is 0 Å². The van der Waals surface area contributed by atoms with Crippen LogP contribution in [0, 0.1) is 13.8 Å². The number of nitrogens with one attached hydrogen (secondary N) is 1. The molecule has 1 aromatic rings. The number of carbonyl (C=O) groups is 1. The van der Waals surface area contributed by atoms with Crippen molar-refractivity contribution in [3.63, 3.8) is 0 Å². The normalized spacial score (nSPS) is 9.50. The van der Waals surface area contributed by atoms with Gasteiger partial charge < -0.3 is 11.1 Å². The van der Waals surface area contributed by atoms with Gasteiger partial charge >= 0.3 is 0 Å². The molecule has 3 heteroatoms. The van der Waals surface area contributed by atoms with E-state index in [1.165, 1.54) is 0 Å². The highest BCUT2D eigenvalue weighted by Crippen LogP contribution is 2.22. The van der Waals surface area contributed by atoms with Crippen LogP contribution in [0.1, 0.15) is 11.1 Å². The number of rotatable bonds is 2. The molecule has 0 heterocycles. The standard InChI is InChI=1S/C9H12N2O/c1-6-3-8(10)4-7(2)9(6)11-5-12/h3-5H,10H2,1-2H3,(H,11,12). The second-order valence-corrected chi connectivity index (χ2v) is 2.79. The van der Waals surface area contributed by atoms with E-state index in [-0.39, 0.29) is 0 Å². The predicted octanol–water partition coefficient (Wildman–Crippen LogP) is 1.45. The van der Waals surface area contributed by atoms with Gasteiger partial charge in [-0.15, -0.1) is 0 Å². The maximum Gasteiger partial charge on any atom is 0.211 e. The summed E-state index contributed by atoms with van der Waals surface area (Å²) in [5, 5.41) is 2.64. The molecule has 0 bridgehead atoms. The van der Waals surface area contributed by atoms with E-state index in [0.29, 0.717) is 6.41 Å². The van der Waals surface area contributed by atoms with Gasteiger partial charge in [-0.1, -0.05) is 0 Å². The third-order valence-electron chi connectivity index (χ3n) is 1.76. The summed E-state index contributed by atoms with van der Waals surface area (Å²) >= 11 is 0. The zero-order valence-corrected chi connectivity index (χ0v) is 7.22. The number of nitrogens with two attached hydrogens (primary N) is 1. The second-order valence-electron chi connectivity index (χ2n) is 2.79. The van der Waals surface area contributed by atoms with Crippen LogP contribution in [0.15, 0.2) is 12.1 Å². The summed E-state index contributed by atoms with van der Waals surface area (Å²) in [4.78, 5) is 10.2. The fourth-order valence-corrected chi connectivity index (χ4v) is 1.28. The topological polar surface area (TPSA) is 55.1 Å². The summed E-state index contributed by atoms with van der Waals surface area (Å²) < 4.78 is 0. The number of amides is 1. The van der Waals surface area contributed by atoms with E-state index in [0.717, 1.165) is 22.5 Å². The van der Waals surface area contributed by atoms with Crippen molar-refractivity contribution in [2.24, 2.45) is 0 Å². The Hall–Kier alpha value is -1.51. The van der Waals surface area contributed by atoms with Gasteiger partial charge in [0.05, 0.1) is 0 Å². The van der Waals surface area contributed by atoms with E-state index in [4.69, 9.17) is 5.73 Å². The number of anilines is 2. The Labute approximate surface area is 71.6 Å². The first kappa shape index (κ1) is 8.59. The molecule has 0 saturated carbocycles. The fraction of sp³-hybridized carbons (Fsp3) is 0.222. The van der Waals surface area contributed by atoms with E-state index in [1.54, 1.807) is 0 Å². The summed E-state index contributed by atoms with van der Waals surface area (Å²) in [6.07, 6.45) is 0.672. The molecule has 0 aromatic heterocycles. The van der Waals surface area contributed by atoms with Crippen LogP contribution in [-0.2, 0) is 4.79 Å².